The van der Waals surface area contributed by atoms with Crippen molar-refractivity contribution in [3.05, 3.63) is 29.6 Å². The third-order valence-corrected chi connectivity index (χ3v) is 7.27. The smallest absolute Gasteiger partial charge is 0.410 e. The molecule has 0 radical (unpaired) electrons. The van der Waals surface area contributed by atoms with Gasteiger partial charge in [-0.05, 0) is 44.7 Å². The molecular formula is C24H33N3O5. The van der Waals surface area contributed by atoms with Gasteiger partial charge in [0.15, 0.2) is 6.29 Å². The van der Waals surface area contributed by atoms with Crippen molar-refractivity contribution in [2.24, 2.45) is 0 Å². The lowest BCUT2D eigenvalue weighted by Gasteiger charge is -2.40. The maximum atomic E-state index is 13.0. The number of likely N-dealkylation sites (tertiary alicyclic amines) is 1. The molecule has 3 aliphatic heterocycles. The van der Waals surface area contributed by atoms with Crippen LogP contribution in [-0.4, -0.2) is 77.1 Å². The van der Waals surface area contributed by atoms with Crippen molar-refractivity contribution >= 4 is 12.0 Å². The quantitative estimate of drug-likeness (QED) is 0.713. The number of hydrogen-bond acceptors (Lipinski definition) is 6. The Hall–Kier alpha value is -2.19. The van der Waals surface area contributed by atoms with Crippen LogP contribution >= 0.6 is 0 Å². The Morgan fingerprint density at radius 2 is 1.66 bits per heavy atom. The van der Waals surface area contributed by atoms with Gasteiger partial charge in [-0.2, -0.15) is 0 Å². The standard InChI is InChI=1S/C24H33N3O5/c1-16-8-9-17(12-25-16)23(28)27-18-10-11-19(27)14-26(13-18)24(29)30-15-22-31-20-6-4-2-3-5-7-21(20)32-22/h8-9,12,18-22H,2-7,10-11,13-15H2,1H3/t18?,19?,20-,21+,22?. The average Bonchev–Trinajstić information content (AvgIpc) is 3.28. The molecule has 1 aliphatic carbocycles. The summed E-state index contributed by atoms with van der Waals surface area (Å²) in [5.74, 6) is 0.000199. The molecule has 4 aliphatic rings. The Labute approximate surface area is 189 Å². The van der Waals surface area contributed by atoms with E-state index in [1.54, 1.807) is 11.1 Å². The van der Waals surface area contributed by atoms with E-state index in [-0.39, 0.29) is 42.9 Å². The molecule has 0 N–H and O–H groups in total. The minimum atomic E-state index is -0.472. The van der Waals surface area contributed by atoms with Gasteiger partial charge in [0.25, 0.3) is 5.91 Å². The first-order chi connectivity index (χ1) is 15.6. The van der Waals surface area contributed by atoms with Gasteiger partial charge < -0.3 is 24.0 Å². The van der Waals surface area contributed by atoms with Gasteiger partial charge in [0.2, 0.25) is 0 Å². The lowest BCUT2D eigenvalue weighted by atomic mass is 9.96. The molecule has 5 rings (SSSR count). The number of pyridine rings is 1. The Bertz CT molecular complexity index is 801. The molecule has 1 saturated carbocycles. The van der Waals surface area contributed by atoms with Crippen molar-refractivity contribution in [2.45, 2.75) is 88.9 Å². The highest BCUT2D eigenvalue weighted by molar-refractivity contribution is 5.94. The summed E-state index contributed by atoms with van der Waals surface area (Å²) in [6.45, 7) is 3.02. The van der Waals surface area contributed by atoms with Crippen LogP contribution in [0.3, 0.4) is 0 Å². The number of amides is 2. The number of nitrogens with zero attached hydrogens (tertiary/aromatic N) is 3. The fourth-order valence-electron chi connectivity index (χ4n) is 5.59. The second kappa shape index (κ2) is 9.35. The van der Waals surface area contributed by atoms with Crippen molar-refractivity contribution in [1.82, 2.24) is 14.8 Å². The minimum absolute atomic E-state index is 0.000199. The van der Waals surface area contributed by atoms with E-state index in [2.05, 4.69) is 4.98 Å². The fraction of sp³-hybridized carbons (Fsp3) is 0.708. The summed E-state index contributed by atoms with van der Waals surface area (Å²) in [7, 11) is 0. The van der Waals surface area contributed by atoms with Crippen LogP contribution in [0.1, 0.15) is 67.4 Å². The van der Waals surface area contributed by atoms with Crippen molar-refractivity contribution < 1.29 is 23.8 Å². The summed E-state index contributed by atoms with van der Waals surface area (Å²) in [5, 5.41) is 0. The predicted molar refractivity (Wildman–Crippen MR) is 116 cm³/mol. The highest BCUT2D eigenvalue weighted by atomic mass is 16.7. The molecule has 3 saturated heterocycles. The number of carbonyl (C=O) groups is 2. The maximum Gasteiger partial charge on any atom is 0.410 e. The van der Waals surface area contributed by atoms with E-state index >= 15 is 0 Å². The molecule has 1 aromatic heterocycles. The number of aryl methyl sites for hydroxylation is 1. The third kappa shape index (κ3) is 4.48. The zero-order valence-corrected chi connectivity index (χ0v) is 18.8. The van der Waals surface area contributed by atoms with E-state index < -0.39 is 6.29 Å². The largest absolute Gasteiger partial charge is 0.444 e. The summed E-state index contributed by atoms with van der Waals surface area (Å²) in [6, 6.07) is 3.72. The van der Waals surface area contributed by atoms with Gasteiger partial charge in [0.05, 0.1) is 29.9 Å². The van der Waals surface area contributed by atoms with Crippen molar-refractivity contribution in [2.75, 3.05) is 19.7 Å². The molecule has 174 valence electrons. The molecule has 8 heteroatoms. The molecule has 1 aromatic rings. The average molecular weight is 444 g/mol. The van der Waals surface area contributed by atoms with E-state index in [1.165, 1.54) is 25.7 Å². The number of hydrogen-bond donors (Lipinski definition) is 0. The van der Waals surface area contributed by atoms with E-state index in [1.807, 2.05) is 24.0 Å². The molecule has 2 amide bonds. The third-order valence-electron chi connectivity index (χ3n) is 7.27. The molecular weight excluding hydrogens is 410 g/mol. The van der Waals surface area contributed by atoms with Crippen LogP contribution in [-0.2, 0) is 14.2 Å². The highest BCUT2D eigenvalue weighted by Gasteiger charge is 2.45. The normalized spacial score (nSPS) is 32.2. The van der Waals surface area contributed by atoms with Crippen molar-refractivity contribution in [1.29, 1.82) is 0 Å². The van der Waals surface area contributed by atoms with Crippen LogP contribution in [0.5, 0.6) is 0 Å². The molecule has 4 fully saturated rings. The summed E-state index contributed by atoms with van der Waals surface area (Å²) in [6.07, 6.45) is 9.76. The number of fused-ring (bicyclic) bond motifs is 3. The Morgan fingerprint density at radius 1 is 1.00 bits per heavy atom. The predicted octanol–water partition coefficient (Wildman–Crippen LogP) is 3.28. The van der Waals surface area contributed by atoms with Crippen LogP contribution in [0.2, 0.25) is 0 Å². The molecule has 4 heterocycles. The zero-order chi connectivity index (χ0) is 22.1. The van der Waals surface area contributed by atoms with Gasteiger partial charge in [0.1, 0.15) is 6.61 Å². The summed E-state index contributed by atoms with van der Waals surface area (Å²) in [5.41, 5.74) is 1.49. The van der Waals surface area contributed by atoms with Gasteiger partial charge >= 0.3 is 6.09 Å². The number of rotatable bonds is 3. The number of carbonyl (C=O) groups excluding carboxylic acids is 2. The highest BCUT2D eigenvalue weighted by Crippen LogP contribution is 2.33. The van der Waals surface area contributed by atoms with Gasteiger partial charge in [-0.1, -0.05) is 25.7 Å². The summed E-state index contributed by atoms with van der Waals surface area (Å²) in [4.78, 5) is 33.7. The van der Waals surface area contributed by atoms with Gasteiger partial charge in [-0.15, -0.1) is 0 Å². The van der Waals surface area contributed by atoms with Crippen molar-refractivity contribution in [3.63, 3.8) is 0 Å². The van der Waals surface area contributed by atoms with Crippen LogP contribution in [0.25, 0.3) is 0 Å². The number of aromatic nitrogens is 1. The molecule has 2 bridgehead atoms. The number of piperazine rings is 1. The maximum absolute atomic E-state index is 13.0. The van der Waals surface area contributed by atoms with Crippen LogP contribution in [0, 0.1) is 6.92 Å². The van der Waals surface area contributed by atoms with E-state index in [4.69, 9.17) is 14.2 Å². The molecule has 8 nitrogen and oxygen atoms in total. The fourth-order valence-corrected chi connectivity index (χ4v) is 5.59. The molecule has 3 unspecified atom stereocenters. The van der Waals surface area contributed by atoms with Gasteiger partial charge in [0, 0.05) is 25.0 Å². The second-order valence-corrected chi connectivity index (χ2v) is 9.54. The first-order valence-corrected chi connectivity index (χ1v) is 12.1. The monoisotopic (exact) mass is 443 g/mol. The van der Waals surface area contributed by atoms with Gasteiger partial charge in [-0.25, -0.2) is 4.79 Å². The summed E-state index contributed by atoms with van der Waals surface area (Å²) >= 11 is 0. The molecule has 32 heavy (non-hydrogen) atoms. The molecule has 5 atom stereocenters. The minimum Gasteiger partial charge on any atom is -0.444 e. The van der Waals surface area contributed by atoms with Crippen LogP contribution < -0.4 is 0 Å². The van der Waals surface area contributed by atoms with E-state index in [0.29, 0.717) is 18.7 Å². The second-order valence-electron chi connectivity index (χ2n) is 9.54. The van der Waals surface area contributed by atoms with E-state index in [0.717, 1.165) is 31.4 Å². The number of ether oxygens (including phenoxy) is 3. The molecule has 0 aromatic carbocycles. The molecule has 0 spiro atoms. The van der Waals surface area contributed by atoms with E-state index in [9.17, 15) is 9.59 Å². The first-order valence-electron chi connectivity index (χ1n) is 12.1. The van der Waals surface area contributed by atoms with Crippen molar-refractivity contribution in [3.8, 4) is 0 Å². The zero-order valence-electron chi connectivity index (χ0n) is 18.8. The Kier molecular flexibility index (Phi) is 6.33. The Morgan fingerprint density at radius 3 is 2.25 bits per heavy atom. The SMILES string of the molecule is Cc1ccc(C(=O)N2C3CCC2CN(C(=O)OCC2O[C@H]4CCCCCC[C@H]4O2)C3)cn1. The lowest BCUT2D eigenvalue weighted by molar-refractivity contribution is -0.102. The summed E-state index contributed by atoms with van der Waals surface area (Å²) < 4.78 is 17.6. The first kappa shape index (κ1) is 21.6. The van der Waals surface area contributed by atoms with Crippen LogP contribution in [0.4, 0.5) is 4.79 Å². The lowest BCUT2D eigenvalue weighted by Crippen LogP contribution is -2.57. The topological polar surface area (TPSA) is 81.2 Å². The Balaban J connectivity index is 1.13. The van der Waals surface area contributed by atoms with Gasteiger partial charge in [-0.3, -0.25) is 9.78 Å². The van der Waals surface area contributed by atoms with Crippen LogP contribution in [0.15, 0.2) is 18.3 Å².